The van der Waals surface area contributed by atoms with Gasteiger partial charge in [0.15, 0.2) is 0 Å². The standard InChI is InChI=1S/C39H39Cl2N3S2/c1-3-42-33-25-29(40)19-21-35(33)45-37(42)23-17-27-15-16-28(18-24-38-43(4-2)34-26-30(41)20-22-36(34)46-38)39(27)44(31-11-7-5-8-12-31)32-13-9-6-10-14-32/h5-9,11-12,17-26,32,37H,3-4,10,13-16H2,1-2H3/b23-17+,28-18+,38-24-. The Morgan fingerprint density at radius 1 is 0.870 bits per heavy atom. The molecule has 0 saturated carbocycles. The lowest BCUT2D eigenvalue weighted by Gasteiger charge is -2.37. The molecule has 4 aliphatic rings. The van der Waals surface area contributed by atoms with Crippen LogP contribution < -0.4 is 14.7 Å². The summed E-state index contributed by atoms with van der Waals surface area (Å²) >= 11 is 16.6. The maximum Gasteiger partial charge on any atom is 0.0985 e. The van der Waals surface area contributed by atoms with Crippen LogP contribution in [0.25, 0.3) is 0 Å². The van der Waals surface area contributed by atoms with Crippen LogP contribution in [0.4, 0.5) is 17.1 Å². The van der Waals surface area contributed by atoms with Crippen LogP contribution in [0.15, 0.2) is 135 Å². The zero-order chi connectivity index (χ0) is 31.6. The van der Waals surface area contributed by atoms with Gasteiger partial charge in [0.05, 0.1) is 21.8 Å². The molecule has 2 unspecified atom stereocenters. The Balaban J connectivity index is 1.29. The minimum absolute atomic E-state index is 0.239. The minimum atomic E-state index is 0.239. The molecule has 0 radical (unpaired) electrons. The SMILES string of the molecule is CCN1/C(=C/C=C2\CCC(/C=C/C3Sc4ccc(Cl)cc4N3CC)=C2N(c2ccccc2)C2CC=CCC2)Sc2ccc(Cl)cc21. The maximum atomic E-state index is 6.41. The summed E-state index contributed by atoms with van der Waals surface area (Å²) in [6.07, 6.45) is 19.6. The molecular formula is C39H39Cl2N3S2. The van der Waals surface area contributed by atoms with Crippen molar-refractivity contribution in [1.29, 1.82) is 0 Å². The van der Waals surface area contributed by atoms with Gasteiger partial charge in [0.2, 0.25) is 0 Å². The summed E-state index contributed by atoms with van der Waals surface area (Å²) in [6, 6.07) is 23.9. The maximum absolute atomic E-state index is 6.41. The molecule has 0 N–H and O–H groups in total. The third-order valence-corrected chi connectivity index (χ3v) is 12.0. The molecule has 2 aliphatic heterocycles. The Kier molecular flexibility index (Phi) is 9.65. The molecule has 2 heterocycles. The van der Waals surface area contributed by atoms with Gasteiger partial charge in [0.25, 0.3) is 0 Å². The summed E-state index contributed by atoms with van der Waals surface area (Å²) in [4.78, 5) is 10.1. The van der Waals surface area contributed by atoms with Crippen molar-refractivity contribution >= 4 is 63.8 Å². The fraction of sp³-hybridized carbons (Fsp3) is 0.282. The molecule has 3 aromatic rings. The summed E-state index contributed by atoms with van der Waals surface area (Å²) in [5, 5.41) is 3.06. The number of likely N-dealkylation sites (N-methyl/N-ethyl adjacent to an activating group) is 1. The number of hydrogen-bond acceptors (Lipinski definition) is 5. The second kappa shape index (κ2) is 14.0. The largest absolute Gasteiger partial charge is 0.355 e. The minimum Gasteiger partial charge on any atom is -0.355 e. The Bertz CT molecular complexity index is 1760. The molecular weight excluding hydrogens is 645 g/mol. The Morgan fingerprint density at radius 3 is 2.39 bits per heavy atom. The van der Waals surface area contributed by atoms with Gasteiger partial charge in [-0.3, -0.25) is 0 Å². The normalized spacial score (nSPS) is 22.5. The molecule has 7 rings (SSSR count). The molecule has 0 spiro atoms. The van der Waals surface area contributed by atoms with Gasteiger partial charge < -0.3 is 14.7 Å². The zero-order valence-electron chi connectivity index (χ0n) is 26.3. The molecule has 46 heavy (non-hydrogen) atoms. The van der Waals surface area contributed by atoms with E-state index in [2.05, 4.69) is 120 Å². The number of fused-ring (bicyclic) bond motifs is 2. The van der Waals surface area contributed by atoms with Gasteiger partial charge in [-0.2, -0.15) is 0 Å². The van der Waals surface area contributed by atoms with Gasteiger partial charge in [-0.05, 0) is 112 Å². The van der Waals surface area contributed by atoms with Crippen LogP contribution in [0.5, 0.6) is 0 Å². The van der Waals surface area contributed by atoms with E-state index in [0.29, 0.717) is 6.04 Å². The summed E-state index contributed by atoms with van der Waals surface area (Å²) < 4.78 is 0. The van der Waals surface area contributed by atoms with E-state index < -0.39 is 0 Å². The molecule has 3 aromatic carbocycles. The monoisotopic (exact) mass is 683 g/mol. The van der Waals surface area contributed by atoms with Crippen LogP contribution in [0.2, 0.25) is 10.0 Å². The first-order chi connectivity index (χ1) is 22.5. The molecule has 0 aromatic heterocycles. The summed E-state index contributed by atoms with van der Waals surface area (Å²) in [6.45, 7) is 6.27. The smallest absolute Gasteiger partial charge is 0.0985 e. The highest BCUT2D eigenvalue weighted by atomic mass is 35.5. The van der Waals surface area contributed by atoms with Crippen LogP contribution in [0.1, 0.15) is 46.0 Å². The van der Waals surface area contributed by atoms with Crippen molar-refractivity contribution < 1.29 is 0 Å². The van der Waals surface area contributed by atoms with E-state index in [1.807, 2.05) is 35.7 Å². The number of benzene rings is 3. The lowest BCUT2D eigenvalue weighted by atomic mass is 9.97. The molecule has 2 atom stereocenters. The molecule has 3 nitrogen and oxygen atoms in total. The second-order valence-electron chi connectivity index (χ2n) is 11.9. The average molecular weight is 685 g/mol. The summed E-state index contributed by atoms with van der Waals surface area (Å²) in [5.41, 5.74) is 7.89. The number of hydrogen-bond donors (Lipinski definition) is 0. The van der Waals surface area contributed by atoms with E-state index in [1.165, 1.54) is 48.7 Å². The van der Waals surface area contributed by atoms with Crippen LogP contribution >= 0.6 is 46.7 Å². The number of halogens is 2. The first-order valence-corrected chi connectivity index (χ1v) is 18.8. The first-order valence-electron chi connectivity index (χ1n) is 16.3. The van der Waals surface area contributed by atoms with Gasteiger partial charge in [-0.25, -0.2) is 0 Å². The predicted octanol–water partition coefficient (Wildman–Crippen LogP) is 11.9. The predicted molar refractivity (Wildman–Crippen MR) is 202 cm³/mol. The fourth-order valence-corrected chi connectivity index (χ4v) is 9.70. The number of anilines is 3. The Morgan fingerprint density at radius 2 is 1.65 bits per heavy atom. The van der Waals surface area contributed by atoms with Crippen molar-refractivity contribution in [2.75, 3.05) is 27.8 Å². The number of rotatable bonds is 8. The van der Waals surface area contributed by atoms with Crippen LogP contribution in [0, 0.1) is 0 Å². The van der Waals surface area contributed by atoms with Crippen molar-refractivity contribution in [3.8, 4) is 0 Å². The summed E-state index contributed by atoms with van der Waals surface area (Å²) in [5.74, 6) is 0. The molecule has 7 heteroatoms. The third kappa shape index (κ3) is 6.32. The molecule has 0 bridgehead atoms. The highest BCUT2D eigenvalue weighted by molar-refractivity contribution is 8.03. The molecule has 0 fully saturated rings. The van der Waals surface area contributed by atoms with Crippen molar-refractivity contribution in [2.45, 2.75) is 67.2 Å². The molecule has 0 amide bonds. The zero-order valence-corrected chi connectivity index (χ0v) is 29.5. The quantitative estimate of drug-likeness (QED) is 0.218. The third-order valence-electron chi connectivity index (χ3n) is 9.18. The van der Waals surface area contributed by atoms with Crippen LogP contribution in [0.3, 0.4) is 0 Å². The lowest BCUT2D eigenvalue weighted by molar-refractivity contribution is 0.577. The summed E-state index contributed by atoms with van der Waals surface area (Å²) in [7, 11) is 0. The Labute approximate surface area is 292 Å². The van der Waals surface area contributed by atoms with Gasteiger partial charge in [0.1, 0.15) is 0 Å². The Hall–Kier alpha value is -2.96. The van der Waals surface area contributed by atoms with E-state index in [0.717, 1.165) is 55.2 Å². The highest BCUT2D eigenvalue weighted by Gasteiger charge is 2.32. The fourth-order valence-electron chi connectivity index (χ4n) is 7.00. The average Bonchev–Trinajstić information content (AvgIpc) is 3.75. The topological polar surface area (TPSA) is 9.72 Å². The van der Waals surface area contributed by atoms with E-state index in [4.69, 9.17) is 23.2 Å². The van der Waals surface area contributed by atoms with Crippen LogP contribution in [-0.2, 0) is 0 Å². The van der Waals surface area contributed by atoms with Crippen molar-refractivity contribution in [3.05, 3.63) is 135 Å². The van der Waals surface area contributed by atoms with Crippen molar-refractivity contribution in [3.63, 3.8) is 0 Å². The van der Waals surface area contributed by atoms with Crippen molar-refractivity contribution in [2.24, 2.45) is 0 Å². The lowest BCUT2D eigenvalue weighted by Crippen LogP contribution is -2.36. The first kappa shape index (κ1) is 31.6. The van der Waals surface area contributed by atoms with Gasteiger partial charge in [-0.1, -0.05) is 95.3 Å². The molecule has 0 saturated heterocycles. The van der Waals surface area contributed by atoms with Gasteiger partial charge in [0, 0.05) is 50.4 Å². The highest BCUT2D eigenvalue weighted by Crippen LogP contribution is 2.48. The van der Waals surface area contributed by atoms with Crippen molar-refractivity contribution in [1.82, 2.24) is 0 Å². The number of para-hydroxylation sites is 1. The van der Waals surface area contributed by atoms with Gasteiger partial charge >= 0.3 is 0 Å². The number of nitrogens with zero attached hydrogens (tertiary/aromatic N) is 3. The molecule has 2 aliphatic carbocycles. The van der Waals surface area contributed by atoms with Crippen LogP contribution in [-0.4, -0.2) is 24.5 Å². The van der Waals surface area contributed by atoms with E-state index in [9.17, 15) is 0 Å². The van der Waals surface area contributed by atoms with Gasteiger partial charge in [-0.15, -0.1) is 0 Å². The second-order valence-corrected chi connectivity index (χ2v) is 15.0. The number of allylic oxidation sites excluding steroid dienone is 6. The van der Waals surface area contributed by atoms with E-state index >= 15 is 0 Å². The molecule has 236 valence electrons. The van der Waals surface area contributed by atoms with E-state index in [-0.39, 0.29) is 5.37 Å². The van der Waals surface area contributed by atoms with E-state index in [1.54, 1.807) is 0 Å². The number of thioether (sulfide) groups is 2.